The Morgan fingerprint density at radius 2 is 1.93 bits per heavy atom. The van der Waals surface area contributed by atoms with E-state index in [0.717, 1.165) is 37.1 Å². The summed E-state index contributed by atoms with van der Waals surface area (Å²) in [4.78, 5) is 26.8. The van der Waals surface area contributed by atoms with Gasteiger partial charge in [0.05, 0.1) is 0 Å². The Labute approximate surface area is 179 Å². The molecule has 3 atom stereocenters. The predicted octanol–water partition coefficient (Wildman–Crippen LogP) is 3.67. The highest BCUT2D eigenvalue weighted by Crippen LogP contribution is 2.43. The van der Waals surface area contributed by atoms with Gasteiger partial charge in [-0.05, 0) is 55.5 Å². The molecule has 1 aliphatic rings. The number of piperidine rings is 1. The molecule has 2 N–H and O–H groups in total. The molecule has 5 heteroatoms. The molecule has 160 valence electrons. The van der Waals surface area contributed by atoms with Gasteiger partial charge in [0.2, 0.25) is 0 Å². The van der Waals surface area contributed by atoms with Crippen molar-refractivity contribution in [2.24, 2.45) is 17.6 Å². The molecule has 0 aliphatic carbocycles. The fraction of sp³-hybridized carbons (Fsp3) is 0.440. The summed E-state index contributed by atoms with van der Waals surface area (Å²) in [5.41, 5.74) is 7.80. The molecule has 2 aromatic rings. The van der Waals surface area contributed by atoms with Crippen molar-refractivity contribution in [2.75, 3.05) is 26.7 Å². The number of hydrogen-bond acceptors (Lipinski definition) is 5. The number of esters is 1. The number of carbonyl (C=O) groups is 2. The maximum Gasteiger partial charge on any atom is 0.308 e. The number of ether oxygens (including phenoxy) is 1. The normalized spacial score (nSPS) is 23.0. The predicted molar refractivity (Wildman–Crippen MR) is 119 cm³/mol. The summed E-state index contributed by atoms with van der Waals surface area (Å²) < 4.78 is 5.32. The van der Waals surface area contributed by atoms with Crippen molar-refractivity contribution >= 4 is 11.8 Å². The molecule has 0 spiro atoms. The molecule has 1 heterocycles. The lowest BCUT2D eigenvalue weighted by atomic mass is 9.64. The molecular formula is C25H32N2O3. The van der Waals surface area contributed by atoms with Crippen molar-refractivity contribution in [2.45, 2.75) is 32.1 Å². The van der Waals surface area contributed by atoms with Crippen LogP contribution in [-0.4, -0.2) is 43.3 Å². The molecule has 1 aliphatic heterocycles. The summed E-state index contributed by atoms with van der Waals surface area (Å²) in [5, 5.41) is 0. The Morgan fingerprint density at radius 3 is 2.60 bits per heavy atom. The van der Waals surface area contributed by atoms with Crippen molar-refractivity contribution in [3.05, 3.63) is 65.7 Å². The van der Waals surface area contributed by atoms with Gasteiger partial charge in [-0.2, -0.15) is 0 Å². The van der Waals surface area contributed by atoms with Gasteiger partial charge >= 0.3 is 5.97 Å². The monoisotopic (exact) mass is 408 g/mol. The van der Waals surface area contributed by atoms with Crippen LogP contribution in [0.5, 0.6) is 5.75 Å². The van der Waals surface area contributed by atoms with Crippen molar-refractivity contribution in [1.29, 1.82) is 0 Å². The summed E-state index contributed by atoms with van der Waals surface area (Å²) in [6.07, 6.45) is 1.69. The summed E-state index contributed by atoms with van der Waals surface area (Å²) in [7, 11) is 2.12. The van der Waals surface area contributed by atoms with Gasteiger partial charge < -0.3 is 15.4 Å². The lowest BCUT2D eigenvalue weighted by Crippen LogP contribution is -2.48. The number of nitrogens with two attached hydrogens (primary N) is 1. The second-order valence-corrected chi connectivity index (χ2v) is 8.65. The van der Waals surface area contributed by atoms with E-state index in [2.05, 4.69) is 24.9 Å². The van der Waals surface area contributed by atoms with Gasteiger partial charge in [-0.1, -0.05) is 49.4 Å². The molecular weight excluding hydrogens is 376 g/mol. The summed E-state index contributed by atoms with van der Waals surface area (Å²) in [6, 6.07) is 17.2. The van der Waals surface area contributed by atoms with Crippen LogP contribution in [0, 0.1) is 11.8 Å². The number of carbonyl (C=O) groups excluding carboxylic acids is 2. The van der Waals surface area contributed by atoms with Crippen molar-refractivity contribution in [3.63, 3.8) is 0 Å². The van der Waals surface area contributed by atoms with Crippen LogP contribution in [0.4, 0.5) is 0 Å². The van der Waals surface area contributed by atoms with Crippen LogP contribution in [0.1, 0.15) is 42.6 Å². The first kappa shape index (κ1) is 22.2. The van der Waals surface area contributed by atoms with E-state index in [1.54, 1.807) is 6.07 Å². The Balaban J connectivity index is 1.88. The number of rotatable bonds is 7. The van der Waals surface area contributed by atoms with Gasteiger partial charge in [0.15, 0.2) is 5.78 Å². The van der Waals surface area contributed by atoms with E-state index in [0.29, 0.717) is 12.3 Å². The molecule has 0 amide bonds. The fourth-order valence-corrected chi connectivity index (χ4v) is 4.58. The average Bonchev–Trinajstić information content (AvgIpc) is 2.74. The third-order valence-electron chi connectivity index (χ3n) is 6.48. The molecule has 2 aromatic carbocycles. The SMILES string of the molecule is CC(=O)Oc1cccc(C2(C)CCN(C)CC2CC(CN)C(=O)c2ccccc2)c1. The van der Waals surface area contributed by atoms with Crippen molar-refractivity contribution in [1.82, 2.24) is 4.90 Å². The maximum atomic E-state index is 13.1. The Hall–Kier alpha value is -2.50. The van der Waals surface area contributed by atoms with E-state index in [-0.39, 0.29) is 29.0 Å². The van der Waals surface area contributed by atoms with Gasteiger partial charge in [-0.25, -0.2) is 0 Å². The minimum Gasteiger partial charge on any atom is -0.427 e. The second-order valence-electron chi connectivity index (χ2n) is 8.65. The number of hydrogen-bond donors (Lipinski definition) is 1. The van der Waals surface area contributed by atoms with Crippen LogP contribution in [0.3, 0.4) is 0 Å². The smallest absolute Gasteiger partial charge is 0.308 e. The first-order valence-electron chi connectivity index (χ1n) is 10.6. The molecule has 3 rings (SSSR count). The fourth-order valence-electron chi connectivity index (χ4n) is 4.58. The minimum atomic E-state index is -0.325. The summed E-state index contributed by atoms with van der Waals surface area (Å²) in [5.74, 6) is 0.385. The summed E-state index contributed by atoms with van der Waals surface area (Å²) in [6.45, 7) is 5.88. The van der Waals surface area contributed by atoms with Crippen molar-refractivity contribution < 1.29 is 14.3 Å². The van der Waals surface area contributed by atoms with Crippen molar-refractivity contribution in [3.8, 4) is 5.75 Å². The standard InChI is InChI=1S/C25H32N2O3/c1-18(28)30-23-11-7-10-21(15-23)25(2)12-13-27(3)17-22(25)14-20(16-26)24(29)19-8-5-4-6-9-19/h4-11,15,20,22H,12-14,16-17,26H2,1-3H3. The van der Waals surface area contributed by atoms with Crippen LogP contribution < -0.4 is 10.5 Å². The van der Waals surface area contributed by atoms with Crippen LogP contribution in [-0.2, 0) is 10.2 Å². The zero-order valence-electron chi connectivity index (χ0n) is 18.1. The Morgan fingerprint density at radius 1 is 1.20 bits per heavy atom. The average molecular weight is 409 g/mol. The van der Waals surface area contributed by atoms with Gasteiger partial charge in [0, 0.05) is 31.5 Å². The number of nitrogens with zero attached hydrogens (tertiary/aromatic N) is 1. The maximum absolute atomic E-state index is 13.1. The zero-order valence-corrected chi connectivity index (χ0v) is 18.1. The number of Topliss-reactive ketones (excluding diaryl/α,β-unsaturated/α-hetero) is 1. The lowest BCUT2D eigenvalue weighted by Gasteiger charge is -2.46. The van der Waals surface area contributed by atoms with Crippen LogP contribution in [0.25, 0.3) is 0 Å². The molecule has 0 radical (unpaired) electrons. The third-order valence-corrected chi connectivity index (χ3v) is 6.48. The lowest BCUT2D eigenvalue weighted by molar-refractivity contribution is -0.131. The topological polar surface area (TPSA) is 72.6 Å². The summed E-state index contributed by atoms with van der Waals surface area (Å²) >= 11 is 0. The van der Waals surface area contributed by atoms with Crippen LogP contribution in [0.15, 0.2) is 54.6 Å². The quantitative estimate of drug-likeness (QED) is 0.430. The third kappa shape index (κ3) is 4.97. The van der Waals surface area contributed by atoms with Gasteiger partial charge in [0.25, 0.3) is 0 Å². The van der Waals surface area contributed by atoms with E-state index in [9.17, 15) is 9.59 Å². The van der Waals surface area contributed by atoms with E-state index < -0.39 is 0 Å². The van der Waals surface area contributed by atoms with Crippen LogP contribution in [0.2, 0.25) is 0 Å². The molecule has 0 bridgehead atoms. The molecule has 1 fully saturated rings. The highest BCUT2D eigenvalue weighted by molar-refractivity contribution is 5.98. The Kier molecular flexibility index (Phi) is 7.06. The molecule has 3 unspecified atom stereocenters. The van der Waals surface area contributed by atoms with Gasteiger partial charge in [0.1, 0.15) is 5.75 Å². The zero-order chi connectivity index (χ0) is 21.7. The second kappa shape index (κ2) is 9.54. The number of benzene rings is 2. The van der Waals surface area contributed by atoms with Gasteiger partial charge in [-0.3, -0.25) is 9.59 Å². The largest absolute Gasteiger partial charge is 0.427 e. The molecule has 30 heavy (non-hydrogen) atoms. The van der Waals surface area contributed by atoms with E-state index in [1.807, 2.05) is 42.5 Å². The van der Waals surface area contributed by atoms with Gasteiger partial charge in [-0.15, -0.1) is 0 Å². The number of ketones is 1. The highest BCUT2D eigenvalue weighted by Gasteiger charge is 2.41. The molecule has 0 saturated carbocycles. The van der Waals surface area contributed by atoms with E-state index in [4.69, 9.17) is 10.5 Å². The molecule has 1 saturated heterocycles. The first-order valence-corrected chi connectivity index (χ1v) is 10.6. The molecule has 5 nitrogen and oxygen atoms in total. The first-order chi connectivity index (χ1) is 14.3. The highest BCUT2D eigenvalue weighted by atomic mass is 16.5. The van der Waals surface area contributed by atoms with Crippen LogP contribution >= 0.6 is 0 Å². The molecule has 0 aromatic heterocycles. The van der Waals surface area contributed by atoms with E-state index in [1.165, 1.54) is 6.92 Å². The van der Waals surface area contributed by atoms with E-state index >= 15 is 0 Å². The number of likely N-dealkylation sites (tertiary alicyclic amines) is 1. The minimum absolute atomic E-state index is 0.113. The Bertz CT molecular complexity index is 883.